The standard InChI is InChI=1S/C29H32N4O6/c34-28(39-16-17-5-7-23(8-6-17)33(37)38)31-26(14-22-15-30-25-4-2-1-3-24(22)25)32(29(35)36)27-20-10-18-9-19(12-20)13-21(27)11-18/h1-8,15,18-21,26-27,30H,9-14,16H2,(H,31,34)(H,35,36). The molecule has 1 atom stereocenters. The molecule has 4 saturated carbocycles. The Hall–Kier alpha value is -4.08. The average Bonchev–Trinajstić information content (AvgIpc) is 3.31. The summed E-state index contributed by atoms with van der Waals surface area (Å²) in [6.07, 6.45) is 5.05. The highest BCUT2D eigenvalue weighted by molar-refractivity contribution is 5.83. The van der Waals surface area contributed by atoms with Crippen LogP contribution >= 0.6 is 0 Å². The smallest absolute Gasteiger partial charge is 0.409 e. The van der Waals surface area contributed by atoms with E-state index in [2.05, 4.69) is 10.3 Å². The molecule has 0 radical (unpaired) electrons. The fraction of sp³-hybridized carbons (Fsp3) is 0.448. The van der Waals surface area contributed by atoms with E-state index in [9.17, 15) is 24.8 Å². The van der Waals surface area contributed by atoms with Gasteiger partial charge in [-0.2, -0.15) is 0 Å². The van der Waals surface area contributed by atoms with Gasteiger partial charge in [0.05, 0.1) is 4.92 Å². The Labute approximate surface area is 225 Å². The van der Waals surface area contributed by atoms with Gasteiger partial charge in [0.1, 0.15) is 12.8 Å². The average molecular weight is 533 g/mol. The Kier molecular flexibility index (Phi) is 6.62. The van der Waals surface area contributed by atoms with E-state index in [0.29, 0.717) is 35.7 Å². The first-order valence-electron chi connectivity index (χ1n) is 13.6. The molecule has 4 fully saturated rings. The molecule has 1 heterocycles. The minimum Gasteiger partial charge on any atom is -0.465 e. The number of carbonyl (C=O) groups excluding carboxylic acids is 1. The van der Waals surface area contributed by atoms with Crippen LogP contribution in [0, 0.1) is 33.8 Å². The minimum atomic E-state index is -1.03. The van der Waals surface area contributed by atoms with Gasteiger partial charge in [-0.1, -0.05) is 18.2 Å². The van der Waals surface area contributed by atoms with Gasteiger partial charge in [0.2, 0.25) is 0 Å². The summed E-state index contributed by atoms with van der Waals surface area (Å²) < 4.78 is 5.45. The summed E-state index contributed by atoms with van der Waals surface area (Å²) in [7, 11) is 0. The molecule has 2 aromatic carbocycles. The third kappa shape index (κ3) is 5.03. The lowest BCUT2D eigenvalue weighted by Gasteiger charge is -2.57. The lowest BCUT2D eigenvalue weighted by atomic mass is 9.54. The molecule has 4 bridgehead atoms. The summed E-state index contributed by atoms with van der Waals surface area (Å²) >= 11 is 0. The Morgan fingerprint density at radius 3 is 2.36 bits per heavy atom. The van der Waals surface area contributed by atoms with Crippen molar-refractivity contribution in [1.82, 2.24) is 15.2 Å². The molecule has 0 aliphatic heterocycles. The SMILES string of the molecule is O=C(NC(Cc1c[nH]c2ccccc12)N(C(=O)O)C1C2CC3CC(C2)CC1C3)OCc1ccc([N+](=O)[O-])cc1. The van der Waals surface area contributed by atoms with Crippen molar-refractivity contribution in [2.24, 2.45) is 23.7 Å². The second-order valence-electron chi connectivity index (χ2n) is 11.3. The zero-order chi connectivity index (χ0) is 27.1. The maximum absolute atomic E-state index is 13.0. The second-order valence-corrected chi connectivity index (χ2v) is 11.3. The maximum atomic E-state index is 13.0. The molecule has 7 rings (SSSR count). The van der Waals surface area contributed by atoms with E-state index in [4.69, 9.17) is 4.74 Å². The quantitative estimate of drug-likeness (QED) is 0.194. The van der Waals surface area contributed by atoms with Crippen LogP contribution in [0.3, 0.4) is 0 Å². The fourth-order valence-corrected chi connectivity index (χ4v) is 7.59. The number of hydrogen-bond acceptors (Lipinski definition) is 5. The number of fused-ring (bicyclic) bond motifs is 1. The molecule has 39 heavy (non-hydrogen) atoms. The molecule has 204 valence electrons. The number of carboxylic acid groups (broad SMARTS) is 1. The molecule has 1 unspecified atom stereocenters. The largest absolute Gasteiger partial charge is 0.465 e. The minimum absolute atomic E-state index is 0.0465. The van der Waals surface area contributed by atoms with Gasteiger partial charge in [-0.05, 0) is 85.1 Å². The van der Waals surface area contributed by atoms with Crippen LogP contribution in [-0.4, -0.2) is 44.3 Å². The molecule has 4 aliphatic carbocycles. The van der Waals surface area contributed by atoms with Gasteiger partial charge >= 0.3 is 12.2 Å². The number of aromatic amines is 1. The Bertz CT molecular complexity index is 1360. The summed E-state index contributed by atoms with van der Waals surface area (Å²) in [5.41, 5.74) is 2.42. The number of benzene rings is 2. The van der Waals surface area contributed by atoms with Crippen molar-refractivity contribution in [3.05, 3.63) is 76.0 Å². The van der Waals surface area contributed by atoms with Gasteiger partial charge in [0.15, 0.2) is 0 Å². The van der Waals surface area contributed by atoms with E-state index < -0.39 is 23.3 Å². The number of rotatable bonds is 8. The third-order valence-corrected chi connectivity index (χ3v) is 8.94. The number of aromatic nitrogens is 1. The first kappa shape index (κ1) is 25.2. The topological polar surface area (TPSA) is 138 Å². The highest BCUT2D eigenvalue weighted by Gasteiger charge is 2.52. The van der Waals surface area contributed by atoms with Gasteiger partial charge < -0.3 is 20.1 Å². The van der Waals surface area contributed by atoms with Crippen LogP contribution in [0.4, 0.5) is 15.3 Å². The summed E-state index contributed by atoms with van der Waals surface area (Å²) in [6.45, 7) is -0.0885. The fourth-order valence-electron chi connectivity index (χ4n) is 7.59. The van der Waals surface area contributed by atoms with Crippen LogP contribution in [0.2, 0.25) is 0 Å². The van der Waals surface area contributed by atoms with Crippen LogP contribution in [0.25, 0.3) is 10.9 Å². The molecule has 1 aromatic heterocycles. The number of amides is 2. The number of nitrogens with one attached hydrogen (secondary N) is 2. The van der Waals surface area contributed by atoms with Crippen molar-refractivity contribution in [2.75, 3.05) is 0 Å². The van der Waals surface area contributed by atoms with Crippen LogP contribution in [0.15, 0.2) is 54.7 Å². The number of nitrogens with zero attached hydrogens (tertiary/aromatic N) is 2. The molecule has 2 amide bonds. The van der Waals surface area contributed by atoms with E-state index in [0.717, 1.165) is 42.1 Å². The Morgan fingerprint density at radius 1 is 1.05 bits per heavy atom. The highest BCUT2D eigenvalue weighted by atomic mass is 16.6. The number of nitro groups is 1. The number of non-ortho nitro benzene ring substituents is 1. The molecule has 4 aliphatic rings. The molecule has 0 spiro atoms. The van der Waals surface area contributed by atoms with E-state index in [1.54, 1.807) is 0 Å². The van der Waals surface area contributed by atoms with Gasteiger partial charge in [0, 0.05) is 41.7 Å². The maximum Gasteiger partial charge on any atom is 0.409 e. The van der Waals surface area contributed by atoms with Crippen molar-refractivity contribution < 1.29 is 24.4 Å². The molecular weight excluding hydrogens is 500 g/mol. The summed E-state index contributed by atoms with van der Waals surface area (Å²) in [4.78, 5) is 41.1. The van der Waals surface area contributed by atoms with Gasteiger partial charge in [-0.15, -0.1) is 0 Å². The van der Waals surface area contributed by atoms with Gasteiger partial charge in [-0.3, -0.25) is 15.0 Å². The summed E-state index contributed by atoms with van der Waals surface area (Å²) in [5.74, 6) is 1.98. The predicted octanol–water partition coefficient (Wildman–Crippen LogP) is 5.68. The van der Waals surface area contributed by atoms with Crippen molar-refractivity contribution in [3.63, 3.8) is 0 Å². The zero-order valence-electron chi connectivity index (χ0n) is 21.5. The predicted molar refractivity (Wildman–Crippen MR) is 143 cm³/mol. The summed E-state index contributed by atoms with van der Waals surface area (Å²) in [6, 6.07) is 13.5. The monoisotopic (exact) mass is 532 g/mol. The number of para-hydroxylation sites is 1. The van der Waals surface area contributed by atoms with Crippen LogP contribution < -0.4 is 5.32 Å². The number of alkyl carbamates (subject to hydrolysis) is 1. The number of nitro benzene ring substituents is 1. The van der Waals surface area contributed by atoms with Crippen molar-refractivity contribution in [3.8, 4) is 0 Å². The van der Waals surface area contributed by atoms with E-state index >= 15 is 0 Å². The van der Waals surface area contributed by atoms with Crippen LogP contribution in [-0.2, 0) is 17.8 Å². The summed E-state index contributed by atoms with van der Waals surface area (Å²) in [5, 5.41) is 25.3. The Balaban J connectivity index is 1.24. The highest BCUT2D eigenvalue weighted by Crippen LogP contribution is 2.55. The zero-order valence-corrected chi connectivity index (χ0v) is 21.5. The number of H-pyrrole nitrogens is 1. The lowest BCUT2D eigenvalue weighted by Crippen LogP contribution is -2.63. The van der Waals surface area contributed by atoms with Gasteiger partial charge in [0.25, 0.3) is 5.69 Å². The molecule has 0 saturated heterocycles. The van der Waals surface area contributed by atoms with Crippen LogP contribution in [0.1, 0.15) is 43.2 Å². The number of carbonyl (C=O) groups is 2. The first-order valence-corrected chi connectivity index (χ1v) is 13.6. The molecule has 3 aromatic rings. The normalized spacial score (nSPS) is 25.8. The molecular formula is C29H32N4O6. The van der Waals surface area contributed by atoms with Crippen molar-refractivity contribution >= 4 is 28.8 Å². The lowest BCUT2D eigenvalue weighted by molar-refractivity contribution is -0.384. The number of hydrogen-bond donors (Lipinski definition) is 3. The Morgan fingerprint density at radius 2 is 1.72 bits per heavy atom. The van der Waals surface area contributed by atoms with E-state index in [1.807, 2.05) is 30.5 Å². The second kappa shape index (κ2) is 10.2. The van der Waals surface area contributed by atoms with E-state index in [-0.39, 0.29) is 18.3 Å². The first-order chi connectivity index (χ1) is 18.9. The molecule has 10 nitrogen and oxygen atoms in total. The number of ether oxygens (including phenoxy) is 1. The third-order valence-electron chi connectivity index (χ3n) is 8.94. The van der Waals surface area contributed by atoms with Crippen molar-refractivity contribution in [1.29, 1.82) is 0 Å². The molecule has 3 N–H and O–H groups in total. The van der Waals surface area contributed by atoms with Gasteiger partial charge in [-0.25, -0.2) is 9.59 Å². The van der Waals surface area contributed by atoms with E-state index in [1.165, 1.54) is 35.6 Å². The van der Waals surface area contributed by atoms with Crippen molar-refractivity contribution in [2.45, 2.75) is 57.3 Å². The van der Waals surface area contributed by atoms with Crippen LogP contribution in [0.5, 0.6) is 0 Å². The molecule has 10 heteroatoms.